The fraction of sp³-hybridized carbons (Fsp3) is 0.304. The largest absolute Gasteiger partial charge is 0.364 e. The number of carbonyl (C=O) groups excluding carboxylic acids is 2. The molecule has 9 nitrogen and oxygen atoms in total. The first-order chi connectivity index (χ1) is 16.2. The van der Waals surface area contributed by atoms with Crippen molar-refractivity contribution >= 4 is 46.5 Å². The fourth-order valence-electron chi connectivity index (χ4n) is 3.94. The van der Waals surface area contributed by atoms with Gasteiger partial charge in [0.15, 0.2) is 11.5 Å². The van der Waals surface area contributed by atoms with E-state index in [4.69, 9.17) is 28.9 Å². The van der Waals surface area contributed by atoms with Gasteiger partial charge in [-0.05, 0) is 63.3 Å². The Balaban J connectivity index is 1.51. The van der Waals surface area contributed by atoms with E-state index >= 15 is 0 Å². The van der Waals surface area contributed by atoms with E-state index in [9.17, 15) is 9.59 Å². The van der Waals surface area contributed by atoms with Crippen LogP contribution in [0.1, 0.15) is 33.7 Å². The number of rotatable bonds is 6. The fourth-order valence-corrected chi connectivity index (χ4v) is 4.49. The van der Waals surface area contributed by atoms with E-state index in [0.29, 0.717) is 33.0 Å². The molecule has 2 aromatic carbocycles. The van der Waals surface area contributed by atoms with E-state index in [1.54, 1.807) is 42.5 Å². The summed E-state index contributed by atoms with van der Waals surface area (Å²) in [6.07, 6.45) is 1.92. The van der Waals surface area contributed by atoms with Crippen LogP contribution in [0, 0.1) is 0 Å². The second kappa shape index (κ2) is 10.0. The summed E-state index contributed by atoms with van der Waals surface area (Å²) in [6.45, 7) is 1.47. The lowest BCUT2D eigenvalue weighted by Crippen LogP contribution is -2.44. The molecule has 1 aromatic heterocycles. The molecule has 1 aliphatic rings. The van der Waals surface area contributed by atoms with Crippen LogP contribution >= 0.6 is 23.2 Å². The Morgan fingerprint density at radius 1 is 1.03 bits per heavy atom. The predicted molar refractivity (Wildman–Crippen MR) is 132 cm³/mol. The second-order valence-corrected chi connectivity index (χ2v) is 9.12. The molecule has 178 valence electrons. The monoisotopic (exact) mass is 501 g/mol. The van der Waals surface area contributed by atoms with E-state index < -0.39 is 5.91 Å². The molecule has 34 heavy (non-hydrogen) atoms. The van der Waals surface area contributed by atoms with Crippen LogP contribution in [0.4, 0.5) is 11.5 Å². The van der Waals surface area contributed by atoms with Crippen molar-refractivity contribution in [3.05, 3.63) is 63.8 Å². The number of carbonyl (C=O) groups is 2. The molecule has 0 unspecified atom stereocenters. The van der Waals surface area contributed by atoms with Gasteiger partial charge in [0.2, 0.25) is 0 Å². The number of piperidine rings is 1. The van der Waals surface area contributed by atoms with Crippen LogP contribution in [0.25, 0.3) is 5.69 Å². The first-order valence-corrected chi connectivity index (χ1v) is 11.5. The summed E-state index contributed by atoms with van der Waals surface area (Å²) in [4.78, 5) is 30.1. The van der Waals surface area contributed by atoms with Crippen molar-refractivity contribution in [2.75, 3.05) is 32.5 Å². The number of nitrogens with two attached hydrogens (primary N) is 1. The van der Waals surface area contributed by atoms with Crippen LogP contribution in [0.2, 0.25) is 10.0 Å². The highest BCUT2D eigenvalue weighted by atomic mass is 35.5. The number of halogens is 2. The third-order valence-corrected chi connectivity index (χ3v) is 6.47. The Labute approximate surface area is 207 Å². The molecule has 2 amide bonds. The lowest BCUT2D eigenvalue weighted by Gasteiger charge is -2.35. The number of hydrogen-bond acceptors (Lipinski definition) is 6. The van der Waals surface area contributed by atoms with Gasteiger partial charge >= 0.3 is 0 Å². The molecule has 1 saturated heterocycles. The van der Waals surface area contributed by atoms with E-state index in [0.717, 1.165) is 25.9 Å². The number of benzene rings is 2. The third-order valence-electron chi connectivity index (χ3n) is 5.86. The average Bonchev–Trinajstić information content (AvgIpc) is 3.22. The van der Waals surface area contributed by atoms with Crippen molar-refractivity contribution in [1.29, 1.82) is 0 Å². The Hall–Kier alpha value is -3.14. The molecular formula is C23H25Cl2N7O2. The van der Waals surface area contributed by atoms with Gasteiger partial charge in [0, 0.05) is 30.4 Å². The third kappa shape index (κ3) is 5.01. The van der Waals surface area contributed by atoms with Gasteiger partial charge in [-0.2, -0.15) is 0 Å². The number of anilines is 2. The first-order valence-electron chi connectivity index (χ1n) is 10.8. The number of nitrogens with one attached hydrogen (secondary N) is 1. The summed E-state index contributed by atoms with van der Waals surface area (Å²) < 4.78 is 0. The Kier molecular flexibility index (Phi) is 7.06. The maximum Gasteiger partial charge on any atom is 0.273 e. The zero-order valence-corrected chi connectivity index (χ0v) is 20.3. The van der Waals surface area contributed by atoms with Gasteiger partial charge in [-0.25, -0.2) is 0 Å². The molecule has 0 radical (unpaired) electrons. The normalized spacial score (nSPS) is 14.4. The van der Waals surface area contributed by atoms with Gasteiger partial charge in [0.05, 0.1) is 10.0 Å². The van der Waals surface area contributed by atoms with Gasteiger partial charge in [0.1, 0.15) is 5.69 Å². The summed E-state index contributed by atoms with van der Waals surface area (Å²) in [6, 6.07) is 12.4. The van der Waals surface area contributed by atoms with Crippen LogP contribution in [-0.2, 0) is 0 Å². The summed E-state index contributed by atoms with van der Waals surface area (Å²) in [5.74, 6) is -0.612. The zero-order valence-electron chi connectivity index (χ0n) is 18.8. The zero-order chi connectivity index (χ0) is 24.4. The lowest BCUT2D eigenvalue weighted by atomic mass is 10.0. The number of nitrogens with zero attached hydrogens (tertiary/aromatic N) is 5. The Bertz CT molecular complexity index is 1180. The van der Waals surface area contributed by atoms with Gasteiger partial charge in [-0.1, -0.05) is 29.3 Å². The molecule has 3 N–H and O–H groups in total. The molecule has 0 aliphatic carbocycles. The maximum atomic E-state index is 12.9. The molecule has 2 heterocycles. The maximum absolute atomic E-state index is 12.9. The van der Waals surface area contributed by atoms with Crippen molar-refractivity contribution < 1.29 is 9.59 Å². The minimum Gasteiger partial charge on any atom is -0.364 e. The van der Waals surface area contributed by atoms with Crippen LogP contribution in [0.15, 0.2) is 42.5 Å². The topological polar surface area (TPSA) is 109 Å². The minimum absolute atomic E-state index is 0.000821. The number of likely N-dealkylation sites (tertiary alicyclic amines) is 1. The summed E-state index contributed by atoms with van der Waals surface area (Å²) in [5.41, 5.74) is 6.97. The van der Waals surface area contributed by atoms with Crippen LogP contribution in [-0.4, -0.2) is 69.8 Å². The smallest absolute Gasteiger partial charge is 0.273 e. The molecular weight excluding hydrogens is 477 g/mol. The molecule has 11 heteroatoms. The van der Waals surface area contributed by atoms with Gasteiger partial charge < -0.3 is 20.9 Å². The molecule has 3 aromatic rings. The van der Waals surface area contributed by atoms with Crippen molar-refractivity contribution in [3.63, 3.8) is 0 Å². The number of hydrogen-bond donors (Lipinski definition) is 2. The number of primary amides is 1. The molecule has 1 aliphatic heterocycles. The minimum atomic E-state index is -0.759. The number of aromatic nitrogens is 3. The van der Waals surface area contributed by atoms with Crippen molar-refractivity contribution in [2.45, 2.75) is 18.9 Å². The lowest BCUT2D eigenvalue weighted by molar-refractivity contribution is 0.0663. The second-order valence-electron chi connectivity index (χ2n) is 8.31. The quantitative estimate of drug-likeness (QED) is 0.534. The van der Waals surface area contributed by atoms with Crippen LogP contribution in [0.5, 0.6) is 0 Å². The molecule has 0 saturated carbocycles. The van der Waals surface area contributed by atoms with E-state index in [2.05, 4.69) is 34.5 Å². The molecule has 0 bridgehead atoms. The Morgan fingerprint density at radius 2 is 1.65 bits per heavy atom. The standard InChI is InChI=1S/C23H25Cl2N7O2/c1-30(2)16-10-12-31(13-11-16)23(34)14-6-8-15(9-7-14)27-22-19(21(26)33)28-32(29-22)20-17(24)4-3-5-18(20)25/h3-9,16H,10-13H2,1-2H3,(H2,26,33)(H,27,29). The summed E-state index contributed by atoms with van der Waals surface area (Å²) >= 11 is 12.5. The average molecular weight is 502 g/mol. The summed E-state index contributed by atoms with van der Waals surface area (Å²) in [7, 11) is 4.14. The summed E-state index contributed by atoms with van der Waals surface area (Å²) in [5, 5.41) is 12.2. The molecule has 1 fully saturated rings. The van der Waals surface area contributed by atoms with Gasteiger partial charge in [-0.3, -0.25) is 9.59 Å². The van der Waals surface area contributed by atoms with Crippen LogP contribution in [0.3, 0.4) is 0 Å². The molecule has 4 rings (SSSR count). The predicted octanol–water partition coefficient (Wildman–Crippen LogP) is 3.58. The number of para-hydroxylation sites is 1. The van der Waals surface area contributed by atoms with E-state index in [1.807, 2.05) is 4.90 Å². The molecule has 0 spiro atoms. The first kappa shape index (κ1) is 24.0. The highest BCUT2D eigenvalue weighted by molar-refractivity contribution is 6.37. The highest BCUT2D eigenvalue weighted by Gasteiger charge is 2.25. The van der Waals surface area contributed by atoms with Gasteiger partial charge in [-0.15, -0.1) is 15.0 Å². The van der Waals surface area contributed by atoms with Crippen LogP contribution < -0.4 is 11.1 Å². The Morgan fingerprint density at radius 3 is 2.21 bits per heavy atom. The van der Waals surface area contributed by atoms with Crippen molar-refractivity contribution in [3.8, 4) is 5.69 Å². The number of amides is 2. The highest BCUT2D eigenvalue weighted by Crippen LogP contribution is 2.29. The molecule has 0 atom stereocenters. The van der Waals surface area contributed by atoms with Crippen molar-refractivity contribution in [2.24, 2.45) is 5.73 Å². The van der Waals surface area contributed by atoms with Gasteiger partial charge in [0.25, 0.3) is 11.8 Å². The van der Waals surface area contributed by atoms with Crippen molar-refractivity contribution in [1.82, 2.24) is 24.8 Å². The van der Waals surface area contributed by atoms with E-state index in [1.165, 1.54) is 4.80 Å². The SMILES string of the molecule is CN(C)C1CCN(C(=O)c2ccc(Nc3nn(-c4c(Cl)cccc4Cl)nc3C(N)=O)cc2)CC1. The van der Waals surface area contributed by atoms with E-state index in [-0.39, 0.29) is 17.4 Å².